The molecule has 0 aliphatic rings. The minimum absolute atomic E-state index is 0.133. The van der Waals surface area contributed by atoms with E-state index >= 15 is 0 Å². The number of halogens is 2. The van der Waals surface area contributed by atoms with Crippen LogP contribution >= 0.6 is 35.4 Å². The molecular formula is C14H12Cl2N2OS. The topological polar surface area (TPSA) is 44.3 Å². The zero-order chi connectivity index (χ0) is 14.7. The highest BCUT2D eigenvalue weighted by molar-refractivity contribution is 7.80. The van der Waals surface area contributed by atoms with Gasteiger partial charge in [-0.15, -0.1) is 0 Å². The average molecular weight is 327 g/mol. The van der Waals surface area contributed by atoms with Gasteiger partial charge in [0.2, 0.25) is 0 Å². The van der Waals surface area contributed by atoms with Crippen LogP contribution in [0.2, 0.25) is 10.0 Å². The molecule has 3 N–H and O–H groups in total. The highest BCUT2D eigenvalue weighted by atomic mass is 35.5. The molecule has 0 radical (unpaired) electrons. The molecule has 0 fully saturated rings. The second-order valence-corrected chi connectivity index (χ2v) is 5.45. The third-order valence-electron chi connectivity index (χ3n) is 2.58. The number of aromatic hydroxyl groups is 1. The fraction of sp³-hybridized carbons (Fsp3) is 0.0714. The van der Waals surface area contributed by atoms with Crippen LogP contribution in [0, 0.1) is 6.92 Å². The summed E-state index contributed by atoms with van der Waals surface area (Å²) in [6, 6.07) is 10.3. The summed E-state index contributed by atoms with van der Waals surface area (Å²) < 4.78 is 0. The van der Waals surface area contributed by atoms with Gasteiger partial charge in [-0.2, -0.15) is 0 Å². The van der Waals surface area contributed by atoms with Gasteiger partial charge in [-0.3, -0.25) is 0 Å². The van der Waals surface area contributed by atoms with Gasteiger partial charge >= 0.3 is 0 Å². The highest BCUT2D eigenvalue weighted by Crippen LogP contribution is 2.26. The molecule has 2 aromatic carbocycles. The summed E-state index contributed by atoms with van der Waals surface area (Å²) in [5, 5.41) is 16.9. The predicted molar refractivity (Wildman–Crippen MR) is 89.1 cm³/mol. The van der Waals surface area contributed by atoms with E-state index in [9.17, 15) is 5.11 Å². The van der Waals surface area contributed by atoms with Gasteiger partial charge in [0.1, 0.15) is 5.75 Å². The molecule has 0 saturated heterocycles. The molecule has 0 bridgehead atoms. The first-order valence-corrected chi connectivity index (χ1v) is 6.95. The van der Waals surface area contributed by atoms with E-state index in [0.717, 1.165) is 5.56 Å². The lowest BCUT2D eigenvalue weighted by molar-refractivity contribution is 0.478. The van der Waals surface area contributed by atoms with Crippen molar-refractivity contribution in [2.75, 3.05) is 10.6 Å². The van der Waals surface area contributed by atoms with Crippen molar-refractivity contribution in [3.63, 3.8) is 0 Å². The lowest BCUT2D eigenvalue weighted by Crippen LogP contribution is -2.19. The van der Waals surface area contributed by atoms with Crippen molar-refractivity contribution < 1.29 is 5.11 Å². The number of anilines is 2. The first-order valence-electron chi connectivity index (χ1n) is 5.78. The molecule has 3 nitrogen and oxygen atoms in total. The van der Waals surface area contributed by atoms with Crippen LogP contribution in [0.1, 0.15) is 5.56 Å². The fourth-order valence-corrected chi connectivity index (χ4v) is 2.13. The highest BCUT2D eigenvalue weighted by Gasteiger charge is 2.05. The molecule has 0 amide bonds. The Balaban J connectivity index is 2.09. The number of nitrogens with one attached hydrogen (secondary N) is 2. The molecule has 0 spiro atoms. The number of thiocarbonyl (C=S) groups is 1. The third-order valence-corrected chi connectivity index (χ3v) is 3.52. The Morgan fingerprint density at radius 1 is 1.05 bits per heavy atom. The summed E-state index contributed by atoms with van der Waals surface area (Å²) in [7, 11) is 0. The predicted octanol–water partition coefficient (Wildman–Crippen LogP) is 4.82. The first-order chi connectivity index (χ1) is 9.45. The van der Waals surface area contributed by atoms with Crippen LogP contribution in [0.3, 0.4) is 0 Å². The maximum Gasteiger partial charge on any atom is 0.175 e. The van der Waals surface area contributed by atoms with Crippen LogP contribution in [0.25, 0.3) is 0 Å². The molecule has 0 aliphatic carbocycles. The van der Waals surface area contributed by atoms with E-state index in [2.05, 4.69) is 10.6 Å². The molecule has 0 atom stereocenters. The fourth-order valence-electron chi connectivity index (χ4n) is 1.61. The number of phenolic OH excluding ortho intramolecular Hbond substituents is 1. The summed E-state index contributed by atoms with van der Waals surface area (Å²) in [6.07, 6.45) is 0. The second-order valence-electron chi connectivity index (χ2n) is 4.23. The Labute approximate surface area is 132 Å². The quantitative estimate of drug-likeness (QED) is 0.547. The molecule has 2 aromatic rings. The maximum absolute atomic E-state index is 9.74. The Bertz CT molecular complexity index is 662. The third kappa shape index (κ3) is 3.76. The molecule has 0 saturated carbocycles. The standard InChI is InChI=1S/C14H12Cl2N2OS/c1-8-2-5-13(19)12(6-8)18-14(20)17-9-3-4-10(15)11(16)7-9/h2-7,19H,1H3,(H2,17,18,20). The van der Waals surface area contributed by atoms with Crippen molar-refractivity contribution in [3.8, 4) is 5.75 Å². The van der Waals surface area contributed by atoms with Crippen LogP contribution in [0.4, 0.5) is 11.4 Å². The van der Waals surface area contributed by atoms with Crippen LogP contribution in [0.15, 0.2) is 36.4 Å². The maximum atomic E-state index is 9.74. The number of hydrogen-bond acceptors (Lipinski definition) is 2. The van der Waals surface area contributed by atoms with Gasteiger partial charge < -0.3 is 15.7 Å². The molecule has 6 heteroatoms. The summed E-state index contributed by atoms with van der Waals surface area (Å²) in [5.74, 6) is 0.133. The summed E-state index contributed by atoms with van der Waals surface area (Å²) in [6.45, 7) is 1.93. The normalized spacial score (nSPS) is 10.2. The molecule has 0 aromatic heterocycles. The monoisotopic (exact) mass is 326 g/mol. The van der Waals surface area contributed by atoms with Crippen LogP contribution in [0.5, 0.6) is 5.75 Å². The van der Waals surface area contributed by atoms with Gasteiger partial charge in [-0.25, -0.2) is 0 Å². The van der Waals surface area contributed by atoms with Gasteiger partial charge in [0.25, 0.3) is 0 Å². The number of benzene rings is 2. The number of hydrogen-bond donors (Lipinski definition) is 3. The largest absolute Gasteiger partial charge is 0.506 e. The van der Waals surface area contributed by atoms with Crippen LogP contribution < -0.4 is 10.6 Å². The molecule has 104 valence electrons. The van der Waals surface area contributed by atoms with E-state index in [-0.39, 0.29) is 5.75 Å². The van der Waals surface area contributed by atoms with Gasteiger partial charge in [0.15, 0.2) is 5.11 Å². The SMILES string of the molecule is Cc1ccc(O)c(NC(=S)Nc2ccc(Cl)c(Cl)c2)c1. The summed E-state index contributed by atoms with van der Waals surface area (Å²) in [5.41, 5.74) is 2.27. The molecule has 0 unspecified atom stereocenters. The zero-order valence-electron chi connectivity index (χ0n) is 10.6. The lowest BCUT2D eigenvalue weighted by atomic mass is 10.2. The number of aryl methyl sites for hydroxylation is 1. The van der Waals surface area contributed by atoms with Crippen molar-refractivity contribution in [2.45, 2.75) is 6.92 Å². The van der Waals surface area contributed by atoms with E-state index in [4.69, 9.17) is 35.4 Å². The van der Waals surface area contributed by atoms with Gasteiger partial charge in [-0.05, 0) is 55.0 Å². The Morgan fingerprint density at radius 3 is 2.50 bits per heavy atom. The molecular weight excluding hydrogens is 315 g/mol. The molecule has 0 heterocycles. The van der Waals surface area contributed by atoms with Crippen LogP contribution in [-0.4, -0.2) is 10.2 Å². The minimum Gasteiger partial charge on any atom is -0.506 e. The van der Waals surface area contributed by atoms with E-state index < -0.39 is 0 Å². The first kappa shape index (κ1) is 14.9. The van der Waals surface area contributed by atoms with Crippen molar-refractivity contribution in [1.29, 1.82) is 0 Å². The Hall–Kier alpha value is -1.49. The molecule has 20 heavy (non-hydrogen) atoms. The summed E-state index contributed by atoms with van der Waals surface area (Å²) in [4.78, 5) is 0. The molecule has 0 aliphatic heterocycles. The van der Waals surface area contributed by atoms with Crippen molar-refractivity contribution in [3.05, 3.63) is 52.0 Å². The van der Waals surface area contributed by atoms with E-state index in [1.807, 2.05) is 13.0 Å². The van der Waals surface area contributed by atoms with Gasteiger partial charge in [0.05, 0.1) is 15.7 Å². The van der Waals surface area contributed by atoms with E-state index in [1.54, 1.807) is 30.3 Å². The van der Waals surface area contributed by atoms with E-state index in [1.165, 1.54) is 0 Å². The molecule has 2 rings (SSSR count). The van der Waals surface area contributed by atoms with E-state index in [0.29, 0.717) is 26.5 Å². The minimum atomic E-state index is 0.133. The van der Waals surface area contributed by atoms with Crippen molar-refractivity contribution in [1.82, 2.24) is 0 Å². The summed E-state index contributed by atoms with van der Waals surface area (Å²) >= 11 is 17.0. The van der Waals surface area contributed by atoms with Crippen LogP contribution in [-0.2, 0) is 0 Å². The number of phenols is 1. The average Bonchev–Trinajstić information content (AvgIpc) is 2.38. The second kappa shape index (κ2) is 6.31. The Kier molecular flexibility index (Phi) is 4.70. The smallest absolute Gasteiger partial charge is 0.175 e. The zero-order valence-corrected chi connectivity index (χ0v) is 12.9. The van der Waals surface area contributed by atoms with Gasteiger partial charge in [0, 0.05) is 5.69 Å². The lowest BCUT2D eigenvalue weighted by Gasteiger charge is -2.12. The van der Waals surface area contributed by atoms with Crippen molar-refractivity contribution >= 4 is 51.9 Å². The number of rotatable bonds is 2. The Morgan fingerprint density at radius 2 is 1.80 bits per heavy atom. The van der Waals surface area contributed by atoms with Gasteiger partial charge in [-0.1, -0.05) is 29.3 Å². The van der Waals surface area contributed by atoms with Crippen molar-refractivity contribution in [2.24, 2.45) is 0 Å².